The van der Waals surface area contributed by atoms with E-state index in [9.17, 15) is 4.79 Å². The molecule has 0 saturated carbocycles. The first-order valence-corrected chi connectivity index (χ1v) is 7.48. The second-order valence-corrected chi connectivity index (χ2v) is 5.83. The van der Waals surface area contributed by atoms with Gasteiger partial charge in [-0.1, -0.05) is 49.3 Å². The number of hydrogen-bond acceptors (Lipinski definition) is 4. The van der Waals surface area contributed by atoms with E-state index in [1.54, 1.807) is 0 Å². The Balaban J connectivity index is 1.90. The van der Waals surface area contributed by atoms with Gasteiger partial charge in [0, 0.05) is 4.91 Å². The summed E-state index contributed by atoms with van der Waals surface area (Å²) in [5.74, 6) is -0.119. The first-order chi connectivity index (χ1) is 10.6. The Labute approximate surface area is 130 Å². The van der Waals surface area contributed by atoms with Gasteiger partial charge in [0.2, 0.25) is 0 Å². The van der Waals surface area contributed by atoms with Crippen LogP contribution in [0.1, 0.15) is 25.8 Å². The molecule has 1 aliphatic rings. The van der Waals surface area contributed by atoms with Gasteiger partial charge < -0.3 is 9.47 Å². The molecule has 0 aliphatic carbocycles. The van der Waals surface area contributed by atoms with E-state index in [1.807, 2.05) is 44.2 Å². The largest absolute Gasteiger partial charge is 0.462 e. The standard InChI is InChI=1S/C16H21N3O3/c1-11(2)13-8-15(22-16(13)20)14(18-19-17)10-21-9-12-6-4-3-5-7-12/h3-7,11,13-15H,8-10H2,1-2H3/t13-,14-,15-/m0/s1. The van der Waals surface area contributed by atoms with E-state index in [4.69, 9.17) is 15.0 Å². The molecule has 0 bridgehead atoms. The molecule has 118 valence electrons. The monoisotopic (exact) mass is 303 g/mol. The summed E-state index contributed by atoms with van der Waals surface area (Å²) < 4.78 is 11.0. The van der Waals surface area contributed by atoms with Crippen molar-refractivity contribution in [2.45, 2.75) is 39.0 Å². The highest BCUT2D eigenvalue weighted by Gasteiger charge is 2.40. The summed E-state index contributed by atoms with van der Waals surface area (Å²) in [6, 6.07) is 9.27. The normalized spacial score (nSPS) is 22.2. The molecule has 1 fully saturated rings. The summed E-state index contributed by atoms with van der Waals surface area (Å²) in [7, 11) is 0. The van der Waals surface area contributed by atoms with Crippen LogP contribution in [-0.4, -0.2) is 24.7 Å². The van der Waals surface area contributed by atoms with E-state index >= 15 is 0 Å². The number of azide groups is 1. The first kappa shape index (κ1) is 16.3. The van der Waals surface area contributed by atoms with Gasteiger partial charge in [-0.3, -0.25) is 4.79 Å². The molecule has 0 radical (unpaired) electrons. The van der Waals surface area contributed by atoms with Crippen LogP contribution in [0.4, 0.5) is 0 Å². The molecule has 6 nitrogen and oxygen atoms in total. The van der Waals surface area contributed by atoms with Gasteiger partial charge in [0.25, 0.3) is 0 Å². The molecule has 0 aromatic heterocycles. The van der Waals surface area contributed by atoms with Gasteiger partial charge in [-0.25, -0.2) is 0 Å². The highest BCUT2D eigenvalue weighted by atomic mass is 16.6. The fourth-order valence-corrected chi connectivity index (χ4v) is 2.56. The van der Waals surface area contributed by atoms with Crippen LogP contribution in [-0.2, 0) is 20.9 Å². The van der Waals surface area contributed by atoms with Gasteiger partial charge in [0.05, 0.1) is 25.2 Å². The number of benzene rings is 1. The summed E-state index contributed by atoms with van der Waals surface area (Å²) in [6.07, 6.45) is 0.182. The number of ether oxygens (including phenoxy) is 2. The molecule has 2 rings (SSSR count). The van der Waals surface area contributed by atoms with Crippen molar-refractivity contribution in [2.24, 2.45) is 17.0 Å². The van der Waals surface area contributed by atoms with Crippen LogP contribution >= 0.6 is 0 Å². The lowest BCUT2D eigenvalue weighted by Crippen LogP contribution is -2.28. The van der Waals surface area contributed by atoms with Gasteiger partial charge in [0.15, 0.2) is 0 Å². The predicted molar refractivity (Wildman–Crippen MR) is 81.9 cm³/mol. The molecule has 0 unspecified atom stereocenters. The Kier molecular flexibility index (Phi) is 5.81. The van der Waals surface area contributed by atoms with E-state index in [-0.39, 0.29) is 24.4 Å². The van der Waals surface area contributed by atoms with E-state index in [0.717, 1.165) is 5.56 Å². The SMILES string of the molecule is CC(C)[C@@H]1C[C@@H]([C@H](COCc2ccccc2)N=[N+]=[N-])OC1=O. The number of cyclic esters (lactones) is 1. The van der Waals surface area contributed by atoms with Crippen molar-refractivity contribution in [3.8, 4) is 0 Å². The number of carbonyl (C=O) groups is 1. The molecule has 1 aromatic carbocycles. The maximum atomic E-state index is 11.8. The lowest BCUT2D eigenvalue weighted by atomic mass is 9.91. The smallest absolute Gasteiger partial charge is 0.309 e. The maximum Gasteiger partial charge on any atom is 0.309 e. The quantitative estimate of drug-likeness (QED) is 0.334. The van der Waals surface area contributed by atoms with Crippen LogP contribution in [0, 0.1) is 11.8 Å². The number of esters is 1. The summed E-state index contributed by atoms with van der Waals surface area (Å²) in [5.41, 5.74) is 9.76. The number of nitrogens with zero attached hydrogens (tertiary/aromatic N) is 3. The number of carbonyl (C=O) groups excluding carboxylic acids is 1. The lowest BCUT2D eigenvalue weighted by molar-refractivity contribution is -0.146. The molecule has 1 saturated heterocycles. The average Bonchev–Trinajstić information content (AvgIpc) is 2.89. The van der Waals surface area contributed by atoms with Crippen molar-refractivity contribution in [3.63, 3.8) is 0 Å². The summed E-state index contributed by atoms with van der Waals surface area (Å²) in [4.78, 5) is 14.7. The van der Waals surface area contributed by atoms with Gasteiger partial charge in [0.1, 0.15) is 6.10 Å². The van der Waals surface area contributed by atoms with Gasteiger partial charge >= 0.3 is 5.97 Å². The molecule has 0 spiro atoms. The zero-order chi connectivity index (χ0) is 15.9. The maximum absolute atomic E-state index is 11.8. The molecule has 1 aliphatic heterocycles. The van der Waals surface area contributed by atoms with Crippen molar-refractivity contribution in [1.82, 2.24) is 0 Å². The van der Waals surface area contributed by atoms with E-state index in [0.29, 0.717) is 13.0 Å². The molecule has 6 heteroatoms. The molecule has 22 heavy (non-hydrogen) atoms. The number of rotatable bonds is 7. The molecule has 1 aromatic rings. The molecule has 0 amide bonds. The predicted octanol–water partition coefficient (Wildman–Crippen LogP) is 3.47. The van der Waals surface area contributed by atoms with Crippen molar-refractivity contribution in [2.75, 3.05) is 6.61 Å². The molecule has 3 atom stereocenters. The fraction of sp³-hybridized carbons (Fsp3) is 0.562. The third-order valence-electron chi connectivity index (χ3n) is 3.89. The Morgan fingerprint density at radius 2 is 2.14 bits per heavy atom. The lowest BCUT2D eigenvalue weighted by Gasteiger charge is -2.18. The Morgan fingerprint density at radius 1 is 1.41 bits per heavy atom. The first-order valence-electron chi connectivity index (χ1n) is 7.48. The van der Waals surface area contributed by atoms with Crippen LogP contribution in [0.2, 0.25) is 0 Å². The zero-order valence-corrected chi connectivity index (χ0v) is 12.9. The van der Waals surface area contributed by atoms with E-state index in [1.165, 1.54) is 0 Å². The van der Waals surface area contributed by atoms with Crippen molar-refractivity contribution in [3.05, 3.63) is 46.3 Å². The van der Waals surface area contributed by atoms with Crippen LogP contribution in [0.3, 0.4) is 0 Å². The van der Waals surface area contributed by atoms with Crippen LogP contribution in [0.15, 0.2) is 35.4 Å². The topological polar surface area (TPSA) is 84.3 Å². The van der Waals surface area contributed by atoms with Crippen molar-refractivity contribution in [1.29, 1.82) is 0 Å². The Hall–Kier alpha value is -2.04. The number of hydrogen-bond donors (Lipinski definition) is 0. The molecular weight excluding hydrogens is 282 g/mol. The third kappa shape index (κ3) is 4.23. The minimum Gasteiger partial charge on any atom is -0.462 e. The molecular formula is C16H21N3O3. The van der Waals surface area contributed by atoms with Crippen LogP contribution in [0.5, 0.6) is 0 Å². The van der Waals surface area contributed by atoms with Crippen molar-refractivity contribution < 1.29 is 14.3 Å². The highest BCUT2D eigenvalue weighted by Crippen LogP contribution is 2.30. The second kappa shape index (κ2) is 7.82. The summed E-state index contributed by atoms with van der Waals surface area (Å²) in [6.45, 7) is 4.65. The third-order valence-corrected chi connectivity index (χ3v) is 3.89. The van der Waals surface area contributed by atoms with E-state index < -0.39 is 12.1 Å². The van der Waals surface area contributed by atoms with Crippen LogP contribution in [0.25, 0.3) is 10.4 Å². The zero-order valence-electron chi connectivity index (χ0n) is 12.9. The van der Waals surface area contributed by atoms with Gasteiger partial charge in [-0.05, 0) is 23.4 Å². The second-order valence-electron chi connectivity index (χ2n) is 5.83. The van der Waals surface area contributed by atoms with Gasteiger partial charge in [-0.15, -0.1) is 0 Å². The average molecular weight is 303 g/mol. The molecule has 1 heterocycles. The molecule has 0 N–H and O–H groups in total. The fourth-order valence-electron chi connectivity index (χ4n) is 2.56. The summed E-state index contributed by atoms with van der Waals surface area (Å²) in [5, 5.41) is 3.74. The minimum absolute atomic E-state index is 0.129. The Morgan fingerprint density at radius 3 is 2.73 bits per heavy atom. The highest BCUT2D eigenvalue weighted by molar-refractivity contribution is 5.75. The minimum atomic E-state index is -0.485. The van der Waals surface area contributed by atoms with E-state index in [2.05, 4.69) is 10.0 Å². The van der Waals surface area contributed by atoms with Gasteiger partial charge in [-0.2, -0.15) is 0 Å². The van der Waals surface area contributed by atoms with Crippen molar-refractivity contribution >= 4 is 5.97 Å². The van der Waals surface area contributed by atoms with Crippen LogP contribution < -0.4 is 0 Å². The Bertz CT molecular complexity index is 541. The summed E-state index contributed by atoms with van der Waals surface area (Å²) >= 11 is 0.